The Labute approximate surface area is 133 Å². The summed E-state index contributed by atoms with van der Waals surface area (Å²) < 4.78 is 5.11. The number of rotatable bonds is 5. The van der Waals surface area contributed by atoms with Crippen LogP contribution < -0.4 is 5.32 Å². The first-order valence-electron chi connectivity index (χ1n) is 6.70. The topological polar surface area (TPSA) is 68.3 Å². The molecule has 2 rings (SSSR count). The van der Waals surface area contributed by atoms with Gasteiger partial charge in [-0.1, -0.05) is 41.9 Å². The Hall–Kier alpha value is -2.40. The first kappa shape index (κ1) is 16.0. The lowest BCUT2D eigenvalue weighted by atomic mass is 10.1. The molecule has 22 heavy (non-hydrogen) atoms. The number of hydrogen-bond donors (Lipinski definition) is 1. The highest BCUT2D eigenvalue weighted by atomic mass is 35.5. The Morgan fingerprint density at radius 2 is 1.95 bits per heavy atom. The lowest BCUT2D eigenvalue weighted by Crippen LogP contribution is -2.30. The zero-order chi connectivity index (χ0) is 15.9. The number of hydrogen-bond acceptors (Lipinski definition) is 4. The summed E-state index contributed by atoms with van der Waals surface area (Å²) in [7, 11) is 0. The monoisotopic (exact) mass is 318 g/mol. The summed E-state index contributed by atoms with van der Waals surface area (Å²) in [5, 5.41) is 3.02. The van der Waals surface area contributed by atoms with E-state index >= 15 is 0 Å². The maximum atomic E-state index is 11.9. The zero-order valence-corrected chi connectivity index (χ0v) is 12.7. The molecule has 2 aromatic rings. The standard InChI is InChI=1S/C16H15ClN2O3/c1-11(16(21)19-14-8-7-13(17)10-18-14)22-15(20)9-12-5-3-2-4-6-12/h2-8,10-11H,9H2,1H3,(H,18,19,21)/t11-/m1/s1. The molecule has 0 fully saturated rings. The van der Waals surface area contributed by atoms with Crippen molar-refractivity contribution in [2.24, 2.45) is 0 Å². The van der Waals surface area contributed by atoms with Crippen LogP contribution in [-0.2, 0) is 20.7 Å². The van der Waals surface area contributed by atoms with E-state index in [4.69, 9.17) is 16.3 Å². The summed E-state index contributed by atoms with van der Waals surface area (Å²) in [6.07, 6.45) is 0.634. The molecule has 0 radical (unpaired) electrons. The molecular weight excluding hydrogens is 304 g/mol. The van der Waals surface area contributed by atoms with E-state index in [0.717, 1.165) is 5.56 Å². The number of carbonyl (C=O) groups excluding carboxylic acids is 2. The molecule has 0 bridgehead atoms. The van der Waals surface area contributed by atoms with Gasteiger partial charge in [0, 0.05) is 6.20 Å². The molecule has 1 heterocycles. The van der Waals surface area contributed by atoms with Crippen LogP contribution in [0.5, 0.6) is 0 Å². The largest absolute Gasteiger partial charge is 0.452 e. The number of carbonyl (C=O) groups is 2. The highest BCUT2D eigenvalue weighted by molar-refractivity contribution is 6.30. The van der Waals surface area contributed by atoms with Crippen LogP contribution in [0.25, 0.3) is 0 Å². The molecule has 5 nitrogen and oxygen atoms in total. The van der Waals surface area contributed by atoms with Gasteiger partial charge in [0.2, 0.25) is 0 Å². The highest BCUT2D eigenvalue weighted by Crippen LogP contribution is 2.10. The van der Waals surface area contributed by atoms with E-state index in [2.05, 4.69) is 10.3 Å². The Bertz CT molecular complexity index is 644. The van der Waals surface area contributed by atoms with Crippen molar-refractivity contribution in [3.8, 4) is 0 Å². The van der Waals surface area contributed by atoms with E-state index < -0.39 is 18.0 Å². The molecule has 1 N–H and O–H groups in total. The molecule has 0 spiro atoms. The lowest BCUT2D eigenvalue weighted by molar-refractivity contribution is -0.152. The summed E-state index contributed by atoms with van der Waals surface area (Å²) in [5.74, 6) is -0.561. The van der Waals surface area contributed by atoms with Gasteiger partial charge in [0.25, 0.3) is 5.91 Å². The summed E-state index contributed by atoms with van der Waals surface area (Å²) in [4.78, 5) is 27.7. The molecule has 0 saturated carbocycles. The van der Waals surface area contributed by atoms with Crippen LogP contribution in [0.1, 0.15) is 12.5 Å². The van der Waals surface area contributed by atoms with Gasteiger partial charge in [0.05, 0.1) is 11.4 Å². The maximum absolute atomic E-state index is 11.9. The predicted octanol–water partition coefficient (Wildman–Crippen LogP) is 2.85. The first-order valence-corrected chi connectivity index (χ1v) is 7.08. The molecule has 6 heteroatoms. The summed E-state index contributed by atoms with van der Waals surface area (Å²) in [5.41, 5.74) is 0.833. The summed E-state index contributed by atoms with van der Waals surface area (Å²) >= 11 is 5.71. The molecular formula is C16H15ClN2O3. The van der Waals surface area contributed by atoms with Gasteiger partial charge in [-0.2, -0.15) is 0 Å². The number of aromatic nitrogens is 1. The third-order valence-electron chi connectivity index (χ3n) is 2.85. The van der Waals surface area contributed by atoms with Crippen LogP contribution in [-0.4, -0.2) is 23.0 Å². The number of esters is 1. The van der Waals surface area contributed by atoms with Crippen LogP contribution in [0.2, 0.25) is 5.02 Å². The quantitative estimate of drug-likeness (QED) is 0.861. The minimum atomic E-state index is -0.909. The Morgan fingerprint density at radius 3 is 2.59 bits per heavy atom. The van der Waals surface area contributed by atoms with Crippen molar-refractivity contribution in [3.63, 3.8) is 0 Å². The number of anilines is 1. The van der Waals surface area contributed by atoms with E-state index in [-0.39, 0.29) is 6.42 Å². The lowest BCUT2D eigenvalue weighted by Gasteiger charge is -2.13. The van der Waals surface area contributed by atoms with Gasteiger partial charge in [-0.25, -0.2) is 4.98 Å². The van der Waals surface area contributed by atoms with E-state index in [1.165, 1.54) is 13.1 Å². The van der Waals surface area contributed by atoms with Crippen molar-refractivity contribution in [2.75, 3.05) is 5.32 Å². The van der Waals surface area contributed by atoms with Gasteiger partial charge in [-0.3, -0.25) is 9.59 Å². The SMILES string of the molecule is C[C@@H](OC(=O)Cc1ccccc1)C(=O)Nc1ccc(Cl)cn1. The second kappa shape index (κ2) is 7.56. The Morgan fingerprint density at radius 1 is 1.23 bits per heavy atom. The molecule has 0 aliphatic heterocycles. The number of amides is 1. The third-order valence-corrected chi connectivity index (χ3v) is 3.07. The van der Waals surface area contributed by atoms with Crippen molar-refractivity contribution < 1.29 is 14.3 Å². The van der Waals surface area contributed by atoms with Crippen molar-refractivity contribution >= 4 is 29.3 Å². The molecule has 1 aromatic heterocycles. The molecule has 0 unspecified atom stereocenters. The highest BCUT2D eigenvalue weighted by Gasteiger charge is 2.18. The number of nitrogens with one attached hydrogen (secondary N) is 1. The molecule has 0 saturated heterocycles. The van der Waals surface area contributed by atoms with Gasteiger partial charge in [0.1, 0.15) is 5.82 Å². The van der Waals surface area contributed by atoms with E-state index in [0.29, 0.717) is 10.8 Å². The number of halogens is 1. The smallest absolute Gasteiger partial charge is 0.311 e. The molecule has 0 aliphatic rings. The van der Waals surface area contributed by atoms with Crippen LogP contribution in [0.15, 0.2) is 48.7 Å². The first-order chi connectivity index (χ1) is 10.5. The average molecular weight is 319 g/mol. The summed E-state index contributed by atoms with van der Waals surface area (Å²) in [6, 6.07) is 12.4. The third kappa shape index (κ3) is 4.86. The normalized spacial score (nSPS) is 11.5. The van der Waals surface area contributed by atoms with Crippen LogP contribution >= 0.6 is 11.6 Å². The number of ether oxygens (including phenoxy) is 1. The molecule has 1 amide bonds. The molecule has 114 valence electrons. The minimum absolute atomic E-state index is 0.123. The second-order valence-corrected chi connectivity index (χ2v) is 5.08. The van der Waals surface area contributed by atoms with Gasteiger partial charge < -0.3 is 10.1 Å². The van der Waals surface area contributed by atoms with Gasteiger partial charge in [0.15, 0.2) is 6.10 Å². The Kier molecular flexibility index (Phi) is 5.49. The molecule has 0 aliphatic carbocycles. The van der Waals surface area contributed by atoms with E-state index in [9.17, 15) is 9.59 Å². The van der Waals surface area contributed by atoms with Crippen molar-refractivity contribution in [1.82, 2.24) is 4.98 Å². The van der Waals surface area contributed by atoms with E-state index in [1.807, 2.05) is 30.3 Å². The van der Waals surface area contributed by atoms with Crippen molar-refractivity contribution in [3.05, 3.63) is 59.2 Å². The fourth-order valence-corrected chi connectivity index (χ4v) is 1.84. The summed E-state index contributed by atoms with van der Waals surface area (Å²) in [6.45, 7) is 1.51. The van der Waals surface area contributed by atoms with Gasteiger partial charge in [-0.05, 0) is 24.6 Å². The van der Waals surface area contributed by atoms with Crippen molar-refractivity contribution in [1.29, 1.82) is 0 Å². The molecule has 1 aromatic carbocycles. The maximum Gasteiger partial charge on any atom is 0.311 e. The van der Waals surface area contributed by atoms with Crippen LogP contribution in [0.4, 0.5) is 5.82 Å². The van der Waals surface area contributed by atoms with Crippen molar-refractivity contribution in [2.45, 2.75) is 19.4 Å². The van der Waals surface area contributed by atoms with Gasteiger partial charge >= 0.3 is 5.97 Å². The Balaban J connectivity index is 1.85. The number of nitrogens with zero attached hydrogens (tertiary/aromatic N) is 1. The minimum Gasteiger partial charge on any atom is -0.452 e. The molecule has 1 atom stereocenters. The van der Waals surface area contributed by atoms with E-state index in [1.54, 1.807) is 12.1 Å². The number of benzene rings is 1. The fourth-order valence-electron chi connectivity index (χ4n) is 1.73. The average Bonchev–Trinajstić information content (AvgIpc) is 2.50. The van der Waals surface area contributed by atoms with Crippen LogP contribution in [0, 0.1) is 0 Å². The van der Waals surface area contributed by atoms with Crippen LogP contribution in [0.3, 0.4) is 0 Å². The number of pyridine rings is 1. The second-order valence-electron chi connectivity index (χ2n) is 4.65. The van der Waals surface area contributed by atoms with Gasteiger partial charge in [-0.15, -0.1) is 0 Å². The zero-order valence-electron chi connectivity index (χ0n) is 12.0. The predicted molar refractivity (Wildman–Crippen MR) is 83.6 cm³/mol. The fraction of sp³-hybridized carbons (Fsp3) is 0.188.